The quantitative estimate of drug-likeness (QED) is 0.850. The number of rotatable bonds is 5. The molecule has 0 unspecified atom stereocenters. The van der Waals surface area contributed by atoms with Crippen LogP contribution in [0.5, 0.6) is 0 Å². The molecule has 2 aromatic rings. The molecule has 0 saturated carbocycles. The first kappa shape index (κ1) is 14.7. The minimum Gasteiger partial charge on any atom is -0.312 e. The van der Waals surface area contributed by atoms with Crippen molar-refractivity contribution < 1.29 is 0 Å². The average Bonchev–Trinajstić information content (AvgIpc) is 2.80. The van der Waals surface area contributed by atoms with Crippen LogP contribution in [0.3, 0.4) is 0 Å². The molecule has 0 saturated heterocycles. The maximum Gasteiger partial charge on any atom is 0.151 e. The lowest BCUT2D eigenvalue weighted by Gasteiger charge is -2.19. The first-order valence-electron chi connectivity index (χ1n) is 7.10. The first-order valence-corrected chi connectivity index (χ1v) is 7.10. The zero-order valence-corrected chi connectivity index (χ0v) is 12.8. The van der Waals surface area contributed by atoms with Crippen molar-refractivity contribution in [2.45, 2.75) is 39.2 Å². The molecule has 0 aliphatic rings. The Balaban J connectivity index is 1.77. The predicted molar refractivity (Wildman–Crippen MR) is 81.6 cm³/mol. The maximum atomic E-state index is 4.26. The number of nitrogens with one attached hydrogen (secondary N) is 1. The number of aryl methyl sites for hydroxylation is 1. The summed E-state index contributed by atoms with van der Waals surface area (Å²) >= 11 is 0. The topological polar surface area (TPSA) is 42.7 Å². The zero-order chi connectivity index (χ0) is 14.6. The van der Waals surface area contributed by atoms with Gasteiger partial charge in [0.2, 0.25) is 0 Å². The molecule has 0 atom stereocenters. The van der Waals surface area contributed by atoms with E-state index in [9.17, 15) is 0 Å². The lowest BCUT2D eigenvalue weighted by Crippen LogP contribution is -2.17. The van der Waals surface area contributed by atoms with E-state index in [1.165, 1.54) is 11.1 Å². The summed E-state index contributed by atoms with van der Waals surface area (Å²) in [5.74, 6) is 0.892. The van der Waals surface area contributed by atoms with Gasteiger partial charge in [-0.15, -0.1) is 0 Å². The third-order valence-corrected chi connectivity index (χ3v) is 3.32. The van der Waals surface area contributed by atoms with Gasteiger partial charge in [-0.1, -0.05) is 45.0 Å². The van der Waals surface area contributed by atoms with Crippen molar-refractivity contribution in [2.75, 3.05) is 6.54 Å². The van der Waals surface area contributed by atoms with Gasteiger partial charge in [-0.3, -0.25) is 4.68 Å². The number of benzene rings is 1. The summed E-state index contributed by atoms with van der Waals surface area (Å²) in [7, 11) is 1.89. The van der Waals surface area contributed by atoms with E-state index in [0.29, 0.717) is 0 Å². The van der Waals surface area contributed by atoms with Crippen LogP contribution in [0.2, 0.25) is 0 Å². The molecule has 0 spiro atoms. The van der Waals surface area contributed by atoms with Gasteiger partial charge < -0.3 is 5.32 Å². The van der Waals surface area contributed by atoms with Crippen molar-refractivity contribution in [3.63, 3.8) is 0 Å². The summed E-state index contributed by atoms with van der Waals surface area (Å²) in [5.41, 5.74) is 2.90. The number of hydrogen-bond donors (Lipinski definition) is 1. The Bertz CT molecular complexity index is 534. The minimum atomic E-state index is 0.219. The van der Waals surface area contributed by atoms with Gasteiger partial charge in [-0.05, 0) is 16.5 Å². The normalized spacial score (nSPS) is 11.8. The lowest BCUT2D eigenvalue weighted by molar-refractivity contribution is 0.589. The van der Waals surface area contributed by atoms with Crippen LogP contribution < -0.4 is 5.32 Å². The minimum absolute atomic E-state index is 0.219. The molecule has 0 bridgehead atoms. The largest absolute Gasteiger partial charge is 0.312 e. The molecule has 0 radical (unpaired) electrons. The van der Waals surface area contributed by atoms with E-state index in [4.69, 9.17) is 0 Å². The van der Waals surface area contributed by atoms with E-state index in [1.54, 1.807) is 11.0 Å². The maximum absolute atomic E-state index is 4.26. The molecule has 1 aromatic carbocycles. The van der Waals surface area contributed by atoms with Gasteiger partial charge in [0, 0.05) is 26.6 Å². The van der Waals surface area contributed by atoms with Crippen LogP contribution in [0.4, 0.5) is 0 Å². The fourth-order valence-electron chi connectivity index (χ4n) is 2.05. The molecular formula is C16H24N4. The van der Waals surface area contributed by atoms with Crippen LogP contribution in [-0.4, -0.2) is 21.3 Å². The fourth-order valence-corrected chi connectivity index (χ4v) is 2.05. The smallest absolute Gasteiger partial charge is 0.151 e. The molecule has 0 aliphatic carbocycles. The monoisotopic (exact) mass is 272 g/mol. The van der Waals surface area contributed by atoms with E-state index in [2.05, 4.69) is 60.4 Å². The van der Waals surface area contributed by atoms with E-state index >= 15 is 0 Å². The van der Waals surface area contributed by atoms with Crippen LogP contribution in [0.15, 0.2) is 30.6 Å². The highest BCUT2D eigenvalue weighted by Gasteiger charge is 2.12. The van der Waals surface area contributed by atoms with Gasteiger partial charge in [0.1, 0.15) is 6.33 Å². The Morgan fingerprint density at radius 3 is 2.40 bits per heavy atom. The van der Waals surface area contributed by atoms with Crippen LogP contribution >= 0.6 is 0 Å². The van der Waals surface area contributed by atoms with Crippen LogP contribution in [-0.2, 0) is 25.4 Å². The van der Waals surface area contributed by atoms with Crippen molar-refractivity contribution >= 4 is 0 Å². The molecule has 108 valence electrons. The summed E-state index contributed by atoms with van der Waals surface area (Å²) in [6.07, 6.45) is 2.60. The van der Waals surface area contributed by atoms with Gasteiger partial charge in [0.05, 0.1) is 0 Å². The Morgan fingerprint density at radius 2 is 1.85 bits per heavy atom. The standard InChI is InChI=1S/C16H24N4/c1-16(2,3)14-7-5-13(6-8-14)11-17-10-9-15-18-12-20(4)19-15/h5-8,12,17H,9-11H2,1-4H3. The summed E-state index contributed by atoms with van der Waals surface area (Å²) in [4.78, 5) is 4.21. The van der Waals surface area contributed by atoms with Gasteiger partial charge in [0.25, 0.3) is 0 Å². The molecule has 0 aliphatic heterocycles. The Kier molecular flexibility index (Phi) is 4.55. The SMILES string of the molecule is Cn1cnc(CCNCc2ccc(C(C)(C)C)cc2)n1. The predicted octanol–water partition coefficient (Wildman–Crippen LogP) is 2.44. The van der Waals surface area contributed by atoms with Crippen molar-refractivity contribution in [1.82, 2.24) is 20.1 Å². The molecule has 0 amide bonds. The van der Waals surface area contributed by atoms with E-state index in [0.717, 1.165) is 25.3 Å². The Morgan fingerprint density at radius 1 is 1.15 bits per heavy atom. The van der Waals surface area contributed by atoms with E-state index < -0.39 is 0 Å². The second kappa shape index (κ2) is 6.18. The third-order valence-electron chi connectivity index (χ3n) is 3.32. The Labute approximate surface area is 121 Å². The molecule has 0 fully saturated rings. The molecule has 20 heavy (non-hydrogen) atoms. The van der Waals surface area contributed by atoms with E-state index in [-0.39, 0.29) is 5.41 Å². The van der Waals surface area contributed by atoms with Gasteiger partial charge in [-0.2, -0.15) is 5.10 Å². The first-order chi connectivity index (χ1) is 9.45. The van der Waals surface area contributed by atoms with Crippen LogP contribution in [0, 0.1) is 0 Å². The molecule has 4 nitrogen and oxygen atoms in total. The van der Waals surface area contributed by atoms with Crippen LogP contribution in [0.1, 0.15) is 37.7 Å². The van der Waals surface area contributed by atoms with Crippen molar-refractivity contribution in [3.05, 3.63) is 47.5 Å². The summed E-state index contributed by atoms with van der Waals surface area (Å²) in [6.45, 7) is 8.49. The second-order valence-corrected chi connectivity index (χ2v) is 6.21. The molecule has 1 N–H and O–H groups in total. The van der Waals surface area contributed by atoms with Crippen molar-refractivity contribution in [3.8, 4) is 0 Å². The summed E-state index contributed by atoms with van der Waals surface area (Å²) in [6, 6.07) is 8.84. The van der Waals surface area contributed by atoms with Crippen LogP contribution in [0.25, 0.3) is 0 Å². The zero-order valence-electron chi connectivity index (χ0n) is 12.8. The number of hydrogen-bond acceptors (Lipinski definition) is 3. The third kappa shape index (κ3) is 4.17. The van der Waals surface area contributed by atoms with Crippen molar-refractivity contribution in [2.24, 2.45) is 7.05 Å². The molecular weight excluding hydrogens is 248 g/mol. The second-order valence-electron chi connectivity index (χ2n) is 6.21. The summed E-state index contributed by atoms with van der Waals surface area (Å²) in [5, 5.41) is 7.69. The average molecular weight is 272 g/mol. The summed E-state index contributed by atoms with van der Waals surface area (Å²) < 4.78 is 1.74. The highest BCUT2D eigenvalue weighted by Crippen LogP contribution is 2.22. The van der Waals surface area contributed by atoms with Crippen molar-refractivity contribution in [1.29, 1.82) is 0 Å². The van der Waals surface area contributed by atoms with Gasteiger partial charge in [-0.25, -0.2) is 4.98 Å². The molecule has 2 rings (SSSR count). The highest BCUT2D eigenvalue weighted by atomic mass is 15.3. The molecule has 4 heteroatoms. The fraction of sp³-hybridized carbons (Fsp3) is 0.500. The number of nitrogens with zero attached hydrogens (tertiary/aromatic N) is 3. The lowest BCUT2D eigenvalue weighted by atomic mass is 9.87. The number of aromatic nitrogens is 3. The van der Waals surface area contributed by atoms with Gasteiger partial charge in [0.15, 0.2) is 5.82 Å². The van der Waals surface area contributed by atoms with Gasteiger partial charge >= 0.3 is 0 Å². The van der Waals surface area contributed by atoms with E-state index in [1.807, 2.05) is 7.05 Å². The molecule has 1 aromatic heterocycles. The highest BCUT2D eigenvalue weighted by molar-refractivity contribution is 5.27. The molecule has 1 heterocycles. The Hall–Kier alpha value is -1.68.